The number of nitrogens with one attached hydrogen (secondary N) is 2. The largest absolute Gasteiger partial charge is 0.368 e. The summed E-state index contributed by atoms with van der Waals surface area (Å²) >= 11 is 0. The minimum absolute atomic E-state index is 0. The second kappa shape index (κ2) is 7.56. The van der Waals surface area contributed by atoms with Crippen molar-refractivity contribution < 1.29 is 0 Å². The molecule has 6 nitrogen and oxygen atoms in total. The first-order valence-corrected chi connectivity index (χ1v) is 7.56. The number of H-pyrrole nitrogens is 1. The van der Waals surface area contributed by atoms with E-state index in [1.54, 1.807) is 0 Å². The number of rotatable bonds is 4. The van der Waals surface area contributed by atoms with Gasteiger partial charge in [-0.25, -0.2) is 0 Å². The van der Waals surface area contributed by atoms with E-state index in [9.17, 15) is 0 Å². The summed E-state index contributed by atoms with van der Waals surface area (Å²) in [6.45, 7) is 8.54. The minimum atomic E-state index is 0. The molecule has 0 bridgehead atoms. The lowest BCUT2D eigenvalue weighted by molar-refractivity contribution is 0.588. The van der Waals surface area contributed by atoms with Gasteiger partial charge in [-0.1, -0.05) is 19.9 Å². The van der Waals surface area contributed by atoms with E-state index in [0.29, 0.717) is 11.7 Å². The molecule has 22 heavy (non-hydrogen) atoms. The lowest BCUT2D eigenvalue weighted by atomic mass is 9.99. The highest BCUT2D eigenvalue weighted by atomic mass is 35.5. The van der Waals surface area contributed by atoms with Gasteiger partial charge in [0.15, 0.2) is 0 Å². The summed E-state index contributed by atoms with van der Waals surface area (Å²) in [4.78, 5) is 2.41. The maximum Gasteiger partial charge on any atom is 0.206 e. The highest BCUT2D eigenvalue weighted by Gasteiger charge is 2.18. The fraction of sp³-hybridized carbons (Fsp3) is 0.533. The summed E-state index contributed by atoms with van der Waals surface area (Å²) in [5.74, 6) is 1.32. The Morgan fingerprint density at radius 1 is 1.23 bits per heavy atom. The Bertz CT molecular complexity index is 578. The Balaban J connectivity index is 0.00000176. The molecule has 120 valence electrons. The van der Waals surface area contributed by atoms with E-state index < -0.39 is 0 Å². The number of aromatic amines is 1. The van der Waals surface area contributed by atoms with Gasteiger partial charge in [0.2, 0.25) is 5.82 Å². The predicted octanol–water partition coefficient (Wildman–Crippen LogP) is 1.90. The van der Waals surface area contributed by atoms with Crippen LogP contribution >= 0.6 is 12.4 Å². The van der Waals surface area contributed by atoms with Crippen LogP contribution in [0.15, 0.2) is 18.2 Å². The van der Waals surface area contributed by atoms with Crippen LogP contribution in [0, 0.1) is 5.92 Å². The average molecular weight is 323 g/mol. The number of anilines is 1. The Labute approximate surface area is 137 Å². The van der Waals surface area contributed by atoms with E-state index in [0.717, 1.165) is 38.2 Å². The summed E-state index contributed by atoms with van der Waals surface area (Å²) in [7, 11) is 0. The summed E-state index contributed by atoms with van der Waals surface area (Å²) in [6, 6.07) is 6.59. The van der Waals surface area contributed by atoms with Crippen molar-refractivity contribution in [2.45, 2.75) is 20.3 Å². The molecular formula is C15H23ClN6. The number of aromatic nitrogens is 4. The van der Waals surface area contributed by atoms with Gasteiger partial charge >= 0.3 is 0 Å². The lowest BCUT2D eigenvalue weighted by Gasteiger charge is -2.31. The van der Waals surface area contributed by atoms with Gasteiger partial charge in [-0.15, -0.1) is 22.6 Å². The van der Waals surface area contributed by atoms with Gasteiger partial charge in [-0.2, -0.15) is 5.21 Å². The number of benzene rings is 1. The third kappa shape index (κ3) is 3.75. The van der Waals surface area contributed by atoms with Crippen molar-refractivity contribution in [3.63, 3.8) is 0 Å². The van der Waals surface area contributed by atoms with E-state index in [1.165, 1.54) is 11.3 Å². The van der Waals surface area contributed by atoms with Crippen LogP contribution in [-0.4, -0.2) is 46.8 Å². The molecule has 1 aromatic heterocycles. The zero-order valence-corrected chi connectivity index (χ0v) is 13.9. The van der Waals surface area contributed by atoms with Gasteiger partial charge in [0, 0.05) is 37.4 Å². The molecule has 0 spiro atoms. The Kier molecular flexibility index (Phi) is 5.74. The van der Waals surface area contributed by atoms with Crippen molar-refractivity contribution in [2.75, 3.05) is 31.1 Å². The molecule has 2 N–H and O–H groups in total. The maximum absolute atomic E-state index is 4.14. The molecule has 0 saturated carbocycles. The van der Waals surface area contributed by atoms with Crippen molar-refractivity contribution in [1.29, 1.82) is 0 Å². The van der Waals surface area contributed by atoms with Crippen molar-refractivity contribution in [3.05, 3.63) is 23.8 Å². The second-order valence-corrected chi connectivity index (χ2v) is 5.92. The third-order valence-corrected chi connectivity index (χ3v) is 3.75. The molecule has 0 atom stereocenters. The van der Waals surface area contributed by atoms with E-state index in [1.807, 2.05) is 0 Å². The summed E-state index contributed by atoms with van der Waals surface area (Å²) in [6.07, 6.45) is 1.09. The fourth-order valence-corrected chi connectivity index (χ4v) is 2.81. The highest BCUT2D eigenvalue weighted by molar-refractivity contribution is 5.85. The molecule has 2 heterocycles. The quantitative estimate of drug-likeness (QED) is 0.899. The molecule has 0 radical (unpaired) electrons. The summed E-state index contributed by atoms with van der Waals surface area (Å²) in [5, 5.41) is 17.9. The van der Waals surface area contributed by atoms with Crippen LogP contribution < -0.4 is 10.2 Å². The van der Waals surface area contributed by atoms with Gasteiger partial charge in [0.05, 0.1) is 0 Å². The van der Waals surface area contributed by atoms with Gasteiger partial charge < -0.3 is 10.2 Å². The zero-order valence-electron chi connectivity index (χ0n) is 13.0. The van der Waals surface area contributed by atoms with Gasteiger partial charge in [0.25, 0.3) is 0 Å². The van der Waals surface area contributed by atoms with Crippen LogP contribution in [0.5, 0.6) is 0 Å². The highest BCUT2D eigenvalue weighted by Crippen LogP contribution is 2.30. The molecule has 0 aliphatic carbocycles. The second-order valence-electron chi connectivity index (χ2n) is 5.92. The average Bonchev–Trinajstić information content (AvgIpc) is 3.01. The molecule has 0 unspecified atom stereocenters. The summed E-state index contributed by atoms with van der Waals surface area (Å²) < 4.78 is 0. The Morgan fingerprint density at radius 3 is 2.64 bits per heavy atom. The first-order valence-electron chi connectivity index (χ1n) is 7.56. The molecular weight excluding hydrogens is 300 g/mol. The SMILES string of the molecule is CC(C)Cc1ccc(-c2nn[nH]n2)c(N2CCNCC2)c1.Cl. The van der Waals surface area contributed by atoms with E-state index in [4.69, 9.17) is 0 Å². The van der Waals surface area contributed by atoms with Gasteiger partial charge in [-0.3, -0.25) is 0 Å². The van der Waals surface area contributed by atoms with Crippen LogP contribution in [0.1, 0.15) is 19.4 Å². The number of hydrogen-bond acceptors (Lipinski definition) is 5. The molecule has 0 amide bonds. The number of tetrazole rings is 1. The maximum atomic E-state index is 4.14. The first kappa shape index (κ1) is 16.7. The normalized spacial score (nSPS) is 15.0. The molecule has 1 saturated heterocycles. The third-order valence-electron chi connectivity index (χ3n) is 3.75. The molecule has 1 aliphatic rings. The Morgan fingerprint density at radius 2 is 2.00 bits per heavy atom. The van der Waals surface area contributed by atoms with Crippen LogP contribution in [0.4, 0.5) is 5.69 Å². The van der Waals surface area contributed by atoms with Gasteiger partial charge in [0.1, 0.15) is 0 Å². The smallest absolute Gasteiger partial charge is 0.206 e. The van der Waals surface area contributed by atoms with Crippen molar-refractivity contribution >= 4 is 18.1 Å². The number of piperazine rings is 1. The fourth-order valence-electron chi connectivity index (χ4n) is 2.81. The van der Waals surface area contributed by atoms with Crippen molar-refractivity contribution in [2.24, 2.45) is 5.92 Å². The van der Waals surface area contributed by atoms with Crippen LogP contribution in [-0.2, 0) is 6.42 Å². The number of nitrogens with zero attached hydrogens (tertiary/aromatic N) is 4. The molecule has 3 rings (SSSR count). The van der Waals surface area contributed by atoms with Crippen LogP contribution in [0.2, 0.25) is 0 Å². The first-order chi connectivity index (χ1) is 10.2. The van der Waals surface area contributed by atoms with E-state index in [2.05, 4.69) is 62.9 Å². The van der Waals surface area contributed by atoms with E-state index >= 15 is 0 Å². The van der Waals surface area contributed by atoms with Crippen molar-refractivity contribution in [1.82, 2.24) is 25.9 Å². The zero-order chi connectivity index (χ0) is 14.7. The predicted molar refractivity (Wildman–Crippen MR) is 90.5 cm³/mol. The molecule has 2 aromatic rings. The molecule has 7 heteroatoms. The number of halogens is 1. The van der Waals surface area contributed by atoms with E-state index in [-0.39, 0.29) is 12.4 Å². The standard InChI is InChI=1S/C15H22N6.ClH/c1-11(2)9-12-3-4-13(15-17-19-20-18-15)14(10-12)21-7-5-16-6-8-21;/h3-4,10-11,16H,5-9H2,1-2H3,(H,17,18,19,20);1H. The minimum Gasteiger partial charge on any atom is -0.368 e. The van der Waals surface area contributed by atoms with Crippen molar-refractivity contribution in [3.8, 4) is 11.4 Å². The van der Waals surface area contributed by atoms with Crippen LogP contribution in [0.25, 0.3) is 11.4 Å². The van der Waals surface area contributed by atoms with Gasteiger partial charge in [-0.05, 0) is 35.2 Å². The lowest BCUT2D eigenvalue weighted by Crippen LogP contribution is -2.43. The summed E-state index contributed by atoms with van der Waals surface area (Å²) in [5.41, 5.74) is 3.64. The topological polar surface area (TPSA) is 69.7 Å². The number of hydrogen-bond donors (Lipinski definition) is 2. The molecule has 1 fully saturated rings. The Hall–Kier alpha value is -1.66. The molecule has 1 aromatic carbocycles. The monoisotopic (exact) mass is 322 g/mol. The molecule has 1 aliphatic heterocycles. The van der Waals surface area contributed by atoms with Crippen LogP contribution in [0.3, 0.4) is 0 Å².